The summed E-state index contributed by atoms with van der Waals surface area (Å²) >= 11 is 3.80. The summed E-state index contributed by atoms with van der Waals surface area (Å²) in [6.45, 7) is 1.31. The second kappa shape index (κ2) is 4.48. The zero-order valence-electron chi connectivity index (χ0n) is 7.29. The molecule has 1 heterocycles. The molecule has 6 heteroatoms. The molecule has 1 saturated heterocycles. The van der Waals surface area contributed by atoms with Gasteiger partial charge in [-0.2, -0.15) is 0 Å². The molecule has 5 nitrogen and oxygen atoms in total. The highest BCUT2D eigenvalue weighted by Crippen LogP contribution is 2.17. The molecule has 0 aromatic heterocycles. The lowest BCUT2D eigenvalue weighted by atomic mass is 10.2. The third kappa shape index (κ3) is 2.89. The van der Waals surface area contributed by atoms with Crippen molar-refractivity contribution in [3.8, 4) is 0 Å². The number of nitrogens with two attached hydrogens (primary N) is 1. The Bertz CT molecular complexity index is 221. The van der Waals surface area contributed by atoms with E-state index in [0.717, 1.165) is 19.4 Å². The van der Waals surface area contributed by atoms with E-state index >= 15 is 0 Å². The van der Waals surface area contributed by atoms with E-state index in [2.05, 4.69) is 17.9 Å². The van der Waals surface area contributed by atoms with Crippen LogP contribution in [0.2, 0.25) is 0 Å². The van der Waals surface area contributed by atoms with Gasteiger partial charge in [0.25, 0.3) is 0 Å². The second-order valence-electron chi connectivity index (χ2n) is 3.06. The van der Waals surface area contributed by atoms with Crippen LogP contribution >= 0.6 is 12.6 Å². The molecular weight excluding hydrogens is 188 g/mol. The van der Waals surface area contributed by atoms with Crippen LogP contribution < -0.4 is 11.1 Å². The SMILES string of the molecule is N=C(N)NCN1CCCC1C(=O)S. The molecule has 1 unspecified atom stereocenters. The number of nitrogens with zero attached hydrogens (tertiary/aromatic N) is 1. The maximum atomic E-state index is 11.0. The quantitative estimate of drug-likeness (QED) is 0.278. The lowest BCUT2D eigenvalue weighted by Crippen LogP contribution is -2.44. The summed E-state index contributed by atoms with van der Waals surface area (Å²) in [4.78, 5) is 13.0. The van der Waals surface area contributed by atoms with Gasteiger partial charge in [-0.05, 0) is 12.8 Å². The summed E-state index contributed by atoms with van der Waals surface area (Å²) in [5.74, 6) is -0.0720. The normalized spacial score (nSPS) is 23.0. The van der Waals surface area contributed by atoms with Crippen LogP contribution in [0.4, 0.5) is 0 Å². The van der Waals surface area contributed by atoms with Gasteiger partial charge in [-0.3, -0.25) is 15.1 Å². The Labute approximate surface area is 82.6 Å². The molecule has 0 radical (unpaired) electrons. The Balaban J connectivity index is 2.39. The van der Waals surface area contributed by atoms with Crippen LogP contribution in [-0.4, -0.2) is 35.2 Å². The molecule has 1 rings (SSSR count). The predicted octanol–water partition coefficient (Wildman–Crippen LogP) is -0.652. The maximum absolute atomic E-state index is 11.0. The third-order valence-electron chi connectivity index (χ3n) is 2.12. The minimum absolute atomic E-state index is 0.0720. The van der Waals surface area contributed by atoms with Gasteiger partial charge in [0.05, 0.1) is 12.7 Å². The Hall–Kier alpha value is -0.750. The third-order valence-corrected chi connectivity index (χ3v) is 2.42. The lowest BCUT2D eigenvalue weighted by Gasteiger charge is -2.21. The Morgan fingerprint density at radius 1 is 1.77 bits per heavy atom. The summed E-state index contributed by atoms with van der Waals surface area (Å²) in [6, 6.07) is -0.116. The second-order valence-corrected chi connectivity index (χ2v) is 3.50. The van der Waals surface area contributed by atoms with Crippen molar-refractivity contribution in [2.24, 2.45) is 5.73 Å². The highest BCUT2D eigenvalue weighted by atomic mass is 32.1. The molecule has 74 valence electrons. The number of nitrogens with one attached hydrogen (secondary N) is 2. The molecule has 1 aliphatic heterocycles. The monoisotopic (exact) mass is 202 g/mol. The van der Waals surface area contributed by atoms with Crippen molar-refractivity contribution in [3.05, 3.63) is 0 Å². The van der Waals surface area contributed by atoms with E-state index in [1.54, 1.807) is 0 Å². The first-order chi connectivity index (χ1) is 6.11. The number of hydrogen-bond donors (Lipinski definition) is 4. The molecule has 13 heavy (non-hydrogen) atoms. The Morgan fingerprint density at radius 3 is 3.00 bits per heavy atom. The Morgan fingerprint density at radius 2 is 2.46 bits per heavy atom. The number of hydrogen-bond acceptors (Lipinski definition) is 3. The van der Waals surface area contributed by atoms with Crippen LogP contribution in [0.3, 0.4) is 0 Å². The predicted molar refractivity (Wildman–Crippen MR) is 53.6 cm³/mol. The van der Waals surface area contributed by atoms with Gasteiger partial charge < -0.3 is 11.1 Å². The average molecular weight is 202 g/mol. The Kier molecular flexibility index (Phi) is 3.56. The molecule has 0 aromatic rings. The van der Waals surface area contributed by atoms with Gasteiger partial charge in [-0.25, -0.2) is 0 Å². The van der Waals surface area contributed by atoms with E-state index in [-0.39, 0.29) is 17.1 Å². The molecule has 0 aliphatic carbocycles. The summed E-state index contributed by atoms with van der Waals surface area (Å²) in [5.41, 5.74) is 5.13. The molecule has 1 atom stereocenters. The van der Waals surface area contributed by atoms with Crippen molar-refractivity contribution in [1.29, 1.82) is 5.41 Å². The van der Waals surface area contributed by atoms with E-state index < -0.39 is 0 Å². The molecule has 0 aromatic carbocycles. The molecule has 0 saturated carbocycles. The van der Waals surface area contributed by atoms with Gasteiger partial charge in [0.15, 0.2) is 5.96 Å². The van der Waals surface area contributed by atoms with E-state index in [1.165, 1.54) is 0 Å². The van der Waals surface area contributed by atoms with Crippen molar-refractivity contribution in [2.75, 3.05) is 13.2 Å². The van der Waals surface area contributed by atoms with Crippen molar-refractivity contribution < 1.29 is 4.79 Å². The van der Waals surface area contributed by atoms with Gasteiger partial charge in [0, 0.05) is 6.54 Å². The average Bonchev–Trinajstić information content (AvgIpc) is 2.47. The van der Waals surface area contributed by atoms with E-state index in [0.29, 0.717) is 6.67 Å². The minimum Gasteiger partial charge on any atom is -0.370 e. The largest absolute Gasteiger partial charge is 0.370 e. The highest BCUT2D eigenvalue weighted by Gasteiger charge is 2.28. The van der Waals surface area contributed by atoms with Crippen LogP contribution in [0, 0.1) is 5.41 Å². The van der Waals surface area contributed by atoms with Crippen LogP contribution in [-0.2, 0) is 4.79 Å². The maximum Gasteiger partial charge on any atom is 0.203 e. The van der Waals surface area contributed by atoms with Crippen LogP contribution in [0.1, 0.15) is 12.8 Å². The van der Waals surface area contributed by atoms with Crippen LogP contribution in [0.25, 0.3) is 0 Å². The minimum atomic E-state index is -0.116. The molecule has 1 aliphatic rings. The van der Waals surface area contributed by atoms with Crippen molar-refractivity contribution in [1.82, 2.24) is 10.2 Å². The standard InChI is InChI=1S/C7H14N4OS/c8-7(9)10-4-11-3-1-2-5(11)6(12)13/h5H,1-4H2,(H,12,13)(H4,8,9,10). The van der Waals surface area contributed by atoms with E-state index in [9.17, 15) is 4.79 Å². The summed E-state index contributed by atoms with van der Waals surface area (Å²) in [7, 11) is 0. The van der Waals surface area contributed by atoms with Crippen molar-refractivity contribution in [2.45, 2.75) is 18.9 Å². The molecule has 0 spiro atoms. The molecule has 4 N–H and O–H groups in total. The number of likely N-dealkylation sites (tertiary alicyclic amines) is 1. The fourth-order valence-corrected chi connectivity index (χ4v) is 1.77. The van der Waals surface area contributed by atoms with Crippen LogP contribution in [0.5, 0.6) is 0 Å². The fraction of sp³-hybridized carbons (Fsp3) is 0.714. The molecule has 1 fully saturated rings. The van der Waals surface area contributed by atoms with Gasteiger partial charge >= 0.3 is 0 Å². The summed E-state index contributed by atoms with van der Waals surface area (Å²) < 4.78 is 0. The first-order valence-corrected chi connectivity index (χ1v) is 4.60. The first kappa shape index (κ1) is 10.3. The van der Waals surface area contributed by atoms with Gasteiger partial charge in [-0.1, -0.05) is 0 Å². The number of carbonyl (C=O) groups is 1. The van der Waals surface area contributed by atoms with Gasteiger partial charge in [-0.15, -0.1) is 12.6 Å². The smallest absolute Gasteiger partial charge is 0.203 e. The summed E-state index contributed by atoms with van der Waals surface area (Å²) in [6.07, 6.45) is 1.85. The highest BCUT2D eigenvalue weighted by molar-refractivity contribution is 7.96. The zero-order valence-corrected chi connectivity index (χ0v) is 8.18. The van der Waals surface area contributed by atoms with Crippen LogP contribution in [0.15, 0.2) is 0 Å². The molecule has 0 amide bonds. The lowest BCUT2D eigenvalue weighted by molar-refractivity contribution is -0.114. The summed E-state index contributed by atoms with van der Waals surface area (Å²) in [5, 5.41) is 9.53. The molecular formula is C7H14N4OS. The van der Waals surface area contributed by atoms with Gasteiger partial charge in [0.1, 0.15) is 0 Å². The van der Waals surface area contributed by atoms with Crippen molar-refractivity contribution in [3.63, 3.8) is 0 Å². The number of guanidine groups is 1. The van der Waals surface area contributed by atoms with E-state index in [4.69, 9.17) is 11.1 Å². The number of rotatable bonds is 3. The topological polar surface area (TPSA) is 82.2 Å². The zero-order chi connectivity index (χ0) is 9.84. The van der Waals surface area contributed by atoms with E-state index in [1.807, 2.05) is 4.90 Å². The number of thiol groups is 1. The van der Waals surface area contributed by atoms with Crippen molar-refractivity contribution >= 4 is 23.7 Å². The fourth-order valence-electron chi connectivity index (χ4n) is 1.48. The molecule has 0 bridgehead atoms. The van der Waals surface area contributed by atoms with Gasteiger partial charge in [0.2, 0.25) is 5.12 Å². The number of carbonyl (C=O) groups excluding carboxylic acids is 1. The first-order valence-electron chi connectivity index (χ1n) is 4.16.